The van der Waals surface area contributed by atoms with E-state index in [1.807, 2.05) is 28.5 Å². The fraction of sp³-hybridized carbons (Fsp3) is 0.550. The molecular weight excluding hydrogens is 346 g/mol. The molecule has 3 rings (SSSR count). The summed E-state index contributed by atoms with van der Waals surface area (Å²) in [5.41, 5.74) is 0. The molecule has 3 heterocycles. The van der Waals surface area contributed by atoms with Crippen LogP contribution in [0.2, 0.25) is 0 Å². The average Bonchev–Trinajstić information content (AvgIpc) is 3.38. The van der Waals surface area contributed by atoms with Gasteiger partial charge in [-0.15, -0.1) is 11.3 Å². The van der Waals surface area contributed by atoms with E-state index in [0.717, 1.165) is 18.8 Å². The molecule has 1 aliphatic rings. The highest BCUT2D eigenvalue weighted by atomic mass is 32.1. The van der Waals surface area contributed by atoms with Gasteiger partial charge in [0.1, 0.15) is 5.76 Å². The minimum atomic E-state index is -0.0281. The molecule has 0 bridgehead atoms. The second kappa shape index (κ2) is 9.24. The first-order chi connectivity index (χ1) is 12.6. The van der Waals surface area contributed by atoms with E-state index in [1.165, 1.54) is 17.7 Å². The smallest absolute Gasteiger partial charge is 0.318 e. The van der Waals surface area contributed by atoms with Gasteiger partial charge in [0.05, 0.1) is 19.4 Å². The number of carbonyl (C=O) groups excluding carboxylic acids is 1. The molecule has 1 atom stereocenters. The number of urea groups is 1. The van der Waals surface area contributed by atoms with Crippen LogP contribution in [-0.4, -0.2) is 41.5 Å². The summed E-state index contributed by atoms with van der Waals surface area (Å²) in [4.78, 5) is 18.4. The molecular formula is C20H29N3O2S. The fourth-order valence-electron chi connectivity index (χ4n) is 3.54. The number of rotatable bonds is 8. The van der Waals surface area contributed by atoms with E-state index >= 15 is 0 Å². The summed E-state index contributed by atoms with van der Waals surface area (Å²) in [5, 5.41) is 5.22. The van der Waals surface area contributed by atoms with E-state index in [1.54, 1.807) is 17.6 Å². The minimum absolute atomic E-state index is 0.0281. The van der Waals surface area contributed by atoms with E-state index in [4.69, 9.17) is 4.42 Å². The Morgan fingerprint density at radius 2 is 2.08 bits per heavy atom. The molecule has 0 unspecified atom stereocenters. The molecule has 5 nitrogen and oxygen atoms in total. The number of hydrogen-bond donors (Lipinski definition) is 1. The van der Waals surface area contributed by atoms with Gasteiger partial charge in [-0.1, -0.05) is 19.9 Å². The molecule has 1 aliphatic heterocycles. The minimum Gasteiger partial charge on any atom is -0.467 e. The van der Waals surface area contributed by atoms with Gasteiger partial charge in [-0.05, 0) is 55.4 Å². The van der Waals surface area contributed by atoms with Crippen LogP contribution in [0, 0.1) is 5.92 Å². The third-order valence-electron chi connectivity index (χ3n) is 4.98. The summed E-state index contributed by atoms with van der Waals surface area (Å²) >= 11 is 1.67. The molecule has 0 radical (unpaired) electrons. The molecule has 26 heavy (non-hydrogen) atoms. The summed E-state index contributed by atoms with van der Waals surface area (Å²) < 4.78 is 5.45. The standard InChI is InChI=1S/C20H29N3O2S/c1-16(2)19(22-9-3-4-10-22)13-21-20(24)23(14-17-7-5-11-25-17)15-18-8-6-12-26-18/h5-8,11-12,16,19H,3-4,9-10,13-15H2,1-2H3,(H,21,24)/t19-/m0/s1. The molecule has 6 heteroatoms. The van der Waals surface area contributed by atoms with Crippen molar-refractivity contribution in [1.82, 2.24) is 15.1 Å². The van der Waals surface area contributed by atoms with Crippen molar-refractivity contribution >= 4 is 17.4 Å². The van der Waals surface area contributed by atoms with Gasteiger partial charge in [0, 0.05) is 17.5 Å². The third-order valence-corrected chi connectivity index (χ3v) is 5.84. The summed E-state index contributed by atoms with van der Waals surface area (Å²) in [6, 6.07) is 8.22. The molecule has 2 amide bonds. The zero-order valence-electron chi connectivity index (χ0n) is 15.7. The highest BCUT2D eigenvalue weighted by Gasteiger charge is 2.26. The van der Waals surface area contributed by atoms with Crippen LogP contribution in [0.1, 0.15) is 37.3 Å². The predicted octanol–water partition coefficient (Wildman–Crippen LogP) is 4.17. The number of furan rings is 1. The number of nitrogens with one attached hydrogen (secondary N) is 1. The van der Waals surface area contributed by atoms with E-state index in [9.17, 15) is 4.79 Å². The van der Waals surface area contributed by atoms with Gasteiger partial charge >= 0.3 is 6.03 Å². The van der Waals surface area contributed by atoms with Crippen LogP contribution in [-0.2, 0) is 13.1 Å². The number of likely N-dealkylation sites (tertiary alicyclic amines) is 1. The second-order valence-electron chi connectivity index (χ2n) is 7.26. The van der Waals surface area contributed by atoms with Crippen LogP contribution in [0.5, 0.6) is 0 Å². The van der Waals surface area contributed by atoms with Gasteiger partial charge in [-0.2, -0.15) is 0 Å². The molecule has 0 spiro atoms. The van der Waals surface area contributed by atoms with E-state index in [-0.39, 0.29) is 6.03 Å². The summed E-state index contributed by atoms with van der Waals surface area (Å²) in [7, 11) is 0. The van der Waals surface area contributed by atoms with Crippen molar-refractivity contribution in [1.29, 1.82) is 0 Å². The number of nitrogens with zero attached hydrogens (tertiary/aromatic N) is 2. The first-order valence-electron chi connectivity index (χ1n) is 9.45. The van der Waals surface area contributed by atoms with Crippen molar-refractivity contribution in [2.24, 2.45) is 5.92 Å². The van der Waals surface area contributed by atoms with Gasteiger partial charge < -0.3 is 14.6 Å². The summed E-state index contributed by atoms with van der Waals surface area (Å²) in [6.45, 7) is 8.53. The van der Waals surface area contributed by atoms with Crippen LogP contribution >= 0.6 is 11.3 Å². The van der Waals surface area contributed by atoms with Crippen molar-refractivity contribution in [2.45, 2.75) is 45.8 Å². The van der Waals surface area contributed by atoms with Crippen molar-refractivity contribution in [2.75, 3.05) is 19.6 Å². The Balaban J connectivity index is 1.61. The molecule has 0 aromatic carbocycles. The van der Waals surface area contributed by atoms with Crippen molar-refractivity contribution in [3.8, 4) is 0 Å². The molecule has 1 N–H and O–H groups in total. The average molecular weight is 376 g/mol. The van der Waals surface area contributed by atoms with Crippen molar-refractivity contribution in [3.63, 3.8) is 0 Å². The molecule has 0 aliphatic carbocycles. The molecule has 2 aromatic heterocycles. The molecule has 142 valence electrons. The Morgan fingerprint density at radius 3 is 2.69 bits per heavy atom. The first-order valence-corrected chi connectivity index (χ1v) is 10.3. The highest BCUT2D eigenvalue weighted by molar-refractivity contribution is 7.09. The third kappa shape index (κ3) is 5.11. The summed E-state index contributed by atoms with van der Waals surface area (Å²) in [6.07, 6.45) is 4.18. The second-order valence-corrected chi connectivity index (χ2v) is 8.29. The maximum Gasteiger partial charge on any atom is 0.318 e. The lowest BCUT2D eigenvalue weighted by Crippen LogP contribution is -2.48. The normalized spacial score (nSPS) is 16.1. The molecule has 1 fully saturated rings. The zero-order valence-corrected chi connectivity index (χ0v) is 16.5. The Labute approximate surface area is 160 Å². The predicted molar refractivity (Wildman–Crippen MR) is 105 cm³/mol. The van der Waals surface area contributed by atoms with Gasteiger partial charge in [-0.3, -0.25) is 4.90 Å². The lowest BCUT2D eigenvalue weighted by molar-refractivity contribution is 0.165. The zero-order chi connectivity index (χ0) is 18.4. The van der Waals surface area contributed by atoms with E-state index < -0.39 is 0 Å². The number of amides is 2. The molecule has 1 saturated heterocycles. The lowest BCUT2D eigenvalue weighted by atomic mass is 10.0. The molecule has 0 saturated carbocycles. The Bertz CT molecular complexity index is 612. The van der Waals surface area contributed by atoms with Crippen LogP contribution in [0.15, 0.2) is 40.3 Å². The van der Waals surface area contributed by atoms with E-state index in [0.29, 0.717) is 31.6 Å². The number of carbonyl (C=O) groups is 1. The maximum absolute atomic E-state index is 12.9. The fourth-order valence-corrected chi connectivity index (χ4v) is 4.26. The van der Waals surface area contributed by atoms with Gasteiger partial charge in [-0.25, -0.2) is 4.79 Å². The Hall–Kier alpha value is -1.79. The topological polar surface area (TPSA) is 48.7 Å². The Kier molecular flexibility index (Phi) is 6.74. The largest absolute Gasteiger partial charge is 0.467 e. The van der Waals surface area contributed by atoms with Crippen LogP contribution in [0.4, 0.5) is 4.79 Å². The molecule has 2 aromatic rings. The highest BCUT2D eigenvalue weighted by Crippen LogP contribution is 2.18. The number of hydrogen-bond acceptors (Lipinski definition) is 4. The number of thiophene rings is 1. The van der Waals surface area contributed by atoms with Gasteiger partial charge in [0.15, 0.2) is 0 Å². The monoisotopic (exact) mass is 375 g/mol. The van der Waals surface area contributed by atoms with Crippen LogP contribution in [0.25, 0.3) is 0 Å². The van der Waals surface area contributed by atoms with Gasteiger partial charge in [0.2, 0.25) is 0 Å². The van der Waals surface area contributed by atoms with E-state index in [2.05, 4.69) is 30.1 Å². The van der Waals surface area contributed by atoms with Crippen LogP contribution in [0.3, 0.4) is 0 Å². The quantitative estimate of drug-likeness (QED) is 0.753. The van der Waals surface area contributed by atoms with Crippen molar-refractivity contribution in [3.05, 3.63) is 46.5 Å². The summed E-state index contributed by atoms with van der Waals surface area (Å²) in [5.74, 6) is 1.32. The maximum atomic E-state index is 12.9. The van der Waals surface area contributed by atoms with Crippen LogP contribution < -0.4 is 5.32 Å². The SMILES string of the molecule is CC(C)[C@H](CNC(=O)N(Cc1ccco1)Cc1cccs1)N1CCCC1. The van der Waals surface area contributed by atoms with Gasteiger partial charge in [0.25, 0.3) is 0 Å². The lowest BCUT2D eigenvalue weighted by Gasteiger charge is -2.32. The van der Waals surface area contributed by atoms with Crippen molar-refractivity contribution < 1.29 is 9.21 Å². The first kappa shape index (κ1) is 19.0. The Morgan fingerprint density at radius 1 is 1.27 bits per heavy atom.